The smallest absolute Gasteiger partial charge is 0.228 e. The monoisotopic (exact) mass is 246 g/mol. The van der Waals surface area contributed by atoms with Crippen molar-refractivity contribution < 1.29 is 4.79 Å². The first-order chi connectivity index (χ1) is 8.63. The summed E-state index contributed by atoms with van der Waals surface area (Å²) in [5, 5.41) is 2.88. The lowest BCUT2D eigenvalue weighted by molar-refractivity contribution is -0.119. The van der Waals surface area contributed by atoms with E-state index in [9.17, 15) is 4.79 Å². The van der Waals surface area contributed by atoms with Crippen LogP contribution in [-0.2, 0) is 4.79 Å². The minimum Gasteiger partial charge on any atom is -0.342 e. The van der Waals surface area contributed by atoms with Gasteiger partial charge in [0.1, 0.15) is 5.82 Å². The molecule has 0 saturated heterocycles. The second-order valence-corrected chi connectivity index (χ2v) is 4.38. The fraction of sp³-hybridized carbons (Fsp3) is 0.385. The highest BCUT2D eigenvalue weighted by atomic mass is 16.1. The number of fused-ring (bicyclic) bond motifs is 1. The van der Waals surface area contributed by atoms with Gasteiger partial charge in [-0.2, -0.15) is 0 Å². The van der Waals surface area contributed by atoms with Crippen molar-refractivity contribution in [1.82, 2.24) is 9.97 Å². The minimum atomic E-state index is -0.135. The third kappa shape index (κ3) is 2.51. The molecule has 0 bridgehead atoms. The lowest BCUT2D eigenvalue weighted by atomic mass is 10.1. The largest absolute Gasteiger partial charge is 0.342 e. The molecule has 0 spiro atoms. The number of amides is 1. The van der Waals surface area contributed by atoms with Gasteiger partial charge < -0.3 is 16.0 Å². The summed E-state index contributed by atoms with van der Waals surface area (Å²) in [4.78, 5) is 19.4. The number of aromatic amines is 1. The van der Waals surface area contributed by atoms with E-state index in [1.165, 1.54) is 0 Å². The predicted octanol–water partition coefficient (Wildman–Crippen LogP) is 1.79. The summed E-state index contributed by atoms with van der Waals surface area (Å²) < 4.78 is 0. The van der Waals surface area contributed by atoms with Crippen LogP contribution in [-0.4, -0.2) is 22.4 Å². The molecule has 2 rings (SSSR count). The van der Waals surface area contributed by atoms with Crippen molar-refractivity contribution in [2.24, 2.45) is 11.7 Å². The lowest BCUT2D eigenvalue weighted by Gasteiger charge is -2.12. The molecule has 5 heteroatoms. The Kier molecular flexibility index (Phi) is 3.62. The van der Waals surface area contributed by atoms with Crippen molar-refractivity contribution in [3.05, 3.63) is 24.0 Å². The molecule has 1 heterocycles. The number of nitrogens with one attached hydrogen (secondary N) is 2. The second-order valence-electron chi connectivity index (χ2n) is 4.38. The van der Waals surface area contributed by atoms with Crippen molar-refractivity contribution in [2.45, 2.75) is 20.3 Å². The van der Waals surface area contributed by atoms with E-state index in [1.807, 2.05) is 32.0 Å². The van der Waals surface area contributed by atoms with Gasteiger partial charge in [-0.25, -0.2) is 4.98 Å². The highest BCUT2D eigenvalue weighted by Gasteiger charge is 2.14. The maximum atomic E-state index is 11.9. The van der Waals surface area contributed by atoms with Crippen LogP contribution in [0, 0.1) is 12.8 Å². The van der Waals surface area contributed by atoms with E-state index in [0.717, 1.165) is 29.0 Å². The maximum absolute atomic E-state index is 11.9. The van der Waals surface area contributed by atoms with Crippen molar-refractivity contribution in [2.75, 3.05) is 11.9 Å². The number of hydrogen-bond donors (Lipinski definition) is 3. The number of carbonyl (C=O) groups excluding carboxylic acids is 1. The number of imidazole rings is 1. The average molecular weight is 246 g/mol. The third-order valence-corrected chi connectivity index (χ3v) is 3.02. The van der Waals surface area contributed by atoms with Gasteiger partial charge in [-0.3, -0.25) is 4.79 Å². The van der Waals surface area contributed by atoms with E-state index >= 15 is 0 Å². The summed E-state index contributed by atoms with van der Waals surface area (Å²) >= 11 is 0. The Bertz CT molecular complexity index is 557. The highest BCUT2D eigenvalue weighted by molar-refractivity contribution is 5.94. The molecule has 0 aliphatic heterocycles. The van der Waals surface area contributed by atoms with Crippen LogP contribution in [0.1, 0.15) is 19.2 Å². The van der Waals surface area contributed by atoms with Gasteiger partial charge in [0.15, 0.2) is 0 Å². The highest BCUT2D eigenvalue weighted by Crippen LogP contribution is 2.18. The van der Waals surface area contributed by atoms with Gasteiger partial charge in [-0.05, 0) is 31.5 Å². The van der Waals surface area contributed by atoms with Crippen LogP contribution in [0.15, 0.2) is 18.2 Å². The van der Waals surface area contributed by atoms with Crippen LogP contribution in [0.25, 0.3) is 11.0 Å². The SMILES string of the molecule is CCC(CN)C(=O)Nc1ccc2nc(C)[nH]c2c1. The number of anilines is 1. The zero-order valence-corrected chi connectivity index (χ0v) is 10.7. The van der Waals surface area contributed by atoms with Gasteiger partial charge in [0.2, 0.25) is 5.91 Å². The van der Waals surface area contributed by atoms with Gasteiger partial charge in [0.05, 0.1) is 17.0 Å². The number of rotatable bonds is 4. The minimum absolute atomic E-state index is 0.0319. The molecule has 0 saturated carbocycles. The van der Waals surface area contributed by atoms with E-state index in [1.54, 1.807) is 0 Å². The summed E-state index contributed by atoms with van der Waals surface area (Å²) in [5.41, 5.74) is 8.14. The van der Waals surface area contributed by atoms with Crippen LogP contribution < -0.4 is 11.1 Å². The molecule has 1 aromatic carbocycles. The van der Waals surface area contributed by atoms with E-state index in [0.29, 0.717) is 6.54 Å². The molecular weight excluding hydrogens is 228 g/mol. The quantitative estimate of drug-likeness (QED) is 0.769. The van der Waals surface area contributed by atoms with Gasteiger partial charge in [-0.15, -0.1) is 0 Å². The zero-order chi connectivity index (χ0) is 13.1. The van der Waals surface area contributed by atoms with Gasteiger partial charge >= 0.3 is 0 Å². The predicted molar refractivity (Wildman–Crippen MR) is 72.3 cm³/mol. The van der Waals surface area contributed by atoms with Crippen LogP contribution in [0.3, 0.4) is 0 Å². The summed E-state index contributed by atoms with van der Waals surface area (Å²) in [6, 6.07) is 5.62. The maximum Gasteiger partial charge on any atom is 0.228 e. The standard InChI is InChI=1S/C13H18N4O/c1-3-9(7-14)13(18)17-10-4-5-11-12(6-10)16-8(2)15-11/h4-6,9H,3,7,14H2,1-2H3,(H,15,16)(H,17,18). The Morgan fingerprint density at radius 2 is 2.33 bits per heavy atom. The molecule has 96 valence electrons. The molecule has 18 heavy (non-hydrogen) atoms. The first kappa shape index (κ1) is 12.6. The molecule has 0 aliphatic carbocycles. The number of carbonyl (C=O) groups is 1. The third-order valence-electron chi connectivity index (χ3n) is 3.02. The van der Waals surface area contributed by atoms with Gasteiger partial charge in [0, 0.05) is 12.2 Å². The summed E-state index contributed by atoms with van der Waals surface area (Å²) in [5.74, 6) is 0.696. The van der Waals surface area contributed by atoms with Crippen LogP contribution >= 0.6 is 0 Å². The number of hydrogen-bond acceptors (Lipinski definition) is 3. The first-order valence-electron chi connectivity index (χ1n) is 6.11. The first-order valence-corrected chi connectivity index (χ1v) is 6.11. The second kappa shape index (κ2) is 5.18. The Morgan fingerprint density at radius 1 is 1.56 bits per heavy atom. The molecule has 1 aromatic heterocycles. The van der Waals surface area contributed by atoms with Gasteiger partial charge in [-0.1, -0.05) is 6.92 Å². The molecule has 2 aromatic rings. The molecule has 0 aliphatic rings. The summed E-state index contributed by atoms with van der Waals surface area (Å²) in [7, 11) is 0. The topological polar surface area (TPSA) is 83.8 Å². The number of H-pyrrole nitrogens is 1. The van der Waals surface area contributed by atoms with Gasteiger partial charge in [0.25, 0.3) is 0 Å². The number of benzene rings is 1. The average Bonchev–Trinajstić information content (AvgIpc) is 2.70. The Morgan fingerprint density at radius 3 is 3.00 bits per heavy atom. The fourth-order valence-electron chi connectivity index (χ4n) is 1.92. The molecule has 1 amide bonds. The van der Waals surface area contributed by atoms with Crippen LogP contribution in [0.2, 0.25) is 0 Å². The van der Waals surface area contributed by atoms with E-state index in [4.69, 9.17) is 5.73 Å². The molecule has 0 fully saturated rings. The summed E-state index contributed by atoms with van der Waals surface area (Å²) in [6.07, 6.45) is 0.744. The number of nitrogens with zero attached hydrogens (tertiary/aromatic N) is 1. The Labute approximate surface area is 106 Å². The van der Waals surface area contributed by atoms with Crippen molar-refractivity contribution in [1.29, 1.82) is 0 Å². The van der Waals surface area contributed by atoms with E-state index in [2.05, 4.69) is 15.3 Å². The van der Waals surface area contributed by atoms with E-state index in [-0.39, 0.29) is 11.8 Å². The summed E-state index contributed by atoms with van der Waals surface area (Å²) in [6.45, 7) is 4.23. The number of aryl methyl sites for hydroxylation is 1. The lowest BCUT2D eigenvalue weighted by Crippen LogP contribution is -2.28. The van der Waals surface area contributed by atoms with Crippen molar-refractivity contribution in [3.8, 4) is 0 Å². The molecule has 1 atom stereocenters. The van der Waals surface area contributed by atoms with Crippen molar-refractivity contribution in [3.63, 3.8) is 0 Å². The molecule has 1 unspecified atom stereocenters. The molecular formula is C13H18N4O. The zero-order valence-electron chi connectivity index (χ0n) is 10.7. The van der Waals surface area contributed by atoms with Crippen LogP contribution in [0.4, 0.5) is 5.69 Å². The van der Waals surface area contributed by atoms with E-state index < -0.39 is 0 Å². The van der Waals surface area contributed by atoms with Crippen molar-refractivity contribution >= 4 is 22.6 Å². The molecule has 4 N–H and O–H groups in total. The normalized spacial score (nSPS) is 12.6. The fourth-order valence-corrected chi connectivity index (χ4v) is 1.92. The Hall–Kier alpha value is -1.88. The van der Waals surface area contributed by atoms with Crippen LogP contribution in [0.5, 0.6) is 0 Å². The Balaban J connectivity index is 2.18. The molecule has 0 radical (unpaired) electrons. The molecule has 5 nitrogen and oxygen atoms in total. The number of nitrogens with two attached hydrogens (primary N) is 1. The number of aromatic nitrogens is 2.